The van der Waals surface area contributed by atoms with Gasteiger partial charge in [0.05, 0.1) is 19.2 Å². The maximum Gasteiger partial charge on any atom is 0.140 e. The van der Waals surface area contributed by atoms with Crippen molar-refractivity contribution in [2.45, 2.75) is 74.0 Å². The molecule has 2 heterocycles. The van der Waals surface area contributed by atoms with E-state index in [-0.39, 0.29) is 10.8 Å². The summed E-state index contributed by atoms with van der Waals surface area (Å²) in [6.07, 6.45) is 3.97. The lowest BCUT2D eigenvalue weighted by Gasteiger charge is -2.29. The number of ether oxygens (including phenoxy) is 1. The minimum atomic E-state index is -1.51. The van der Waals surface area contributed by atoms with Crippen molar-refractivity contribution in [1.29, 1.82) is 0 Å². The van der Waals surface area contributed by atoms with Crippen LogP contribution in [0, 0.1) is 10.8 Å². The molecule has 0 spiro atoms. The number of benzene rings is 3. The lowest BCUT2D eigenvalue weighted by molar-refractivity contribution is 0.400. The lowest BCUT2D eigenvalue weighted by atomic mass is 9.82. The van der Waals surface area contributed by atoms with E-state index in [2.05, 4.69) is 104 Å². The Hall–Kier alpha value is -2.65. The van der Waals surface area contributed by atoms with E-state index >= 15 is 0 Å². The first-order valence-corrected chi connectivity index (χ1v) is 16.4. The predicted molar refractivity (Wildman–Crippen MR) is 154 cm³/mol. The molecule has 0 unspecified atom stereocenters. The van der Waals surface area contributed by atoms with Gasteiger partial charge in [0, 0.05) is 17.3 Å². The molecular weight excluding hydrogens is 442 g/mol. The third kappa shape index (κ3) is 4.63. The summed E-state index contributed by atoms with van der Waals surface area (Å²) >= 11 is 0. The molecule has 0 fully saturated rings. The van der Waals surface area contributed by atoms with Gasteiger partial charge >= 0.3 is 0 Å². The molecule has 0 amide bonds. The Labute approximate surface area is 211 Å². The Bertz CT molecular complexity index is 1460. The molecule has 1 aromatic heterocycles. The standard InChI is InChI=1S/C32H39NOSi/c1-31(2,3)18-20-10-11-24-22(14-20)16-25-29-28-21(12-13-33-29)15-23(35(7,8)9)17-27(28)34-30(25)26(24)19-32(4,5)6/h10-17H,18-19H2,1-9H3. The van der Waals surface area contributed by atoms with E-state index in [0.717, 1.165) is 41.0 Å². The second kappa shape index (κ2) is 7.93. The Morgan fingerprint density at radius 3 is 2.17 bits per heavy atom. The average molecular weight is 482 g/mol. The number of rotatable bonds is 3. The van der Waals surface area contributed by atoms with Gasteiger partial charge in [0.1, 0.15) is 11.5 Å². The van der Waals surface area contributed by atoms with Crippen LogP contribution in [0.3, 0.4) is 0 Å². The molecule has 4 aromatic rings. The third-order valence-electron chi connectivity index (χ3n) is 6.86. The minimum Gasteiger partial charge on any atom is -0.456 e. The molecule has 0 atom stereocenters. The largest absolute Gasteiger partial charge is 0.456 e. The Morgan fingerprint density at radius 2 is 1.51 bits per heavy atom. The molecule has 5 rings (SSSR count). The molecule has 0 bridgehead atoms. The first kappa shape index (κ1) is 24.1. The van der Waals surface area contributed by atoms with Crippen LogP contribution in [0.4, 0.5) is 0 Å². The number of pyridine rings is 1. The summed E-state index contributed by atoms with van der Waals surface area (Å²) in [6.45, 7) is 21.0. The predicted octanol–water partition coefficient (Wildman–Crippen LogP) is 8.88. The van der Waals surface area contributed by atoms with Crippen molar-refractivity contribution < 1.29 is 4.74 Å². The molecule has 1 aliphatic heterocycles. The first-order chi connectivity index (χ1) is 16.2. The van der Waals surface area contributed by atoms with Crippen molar-refractivity contribution in [2.75, 3.05) is 0 Å². The number of fused-ring (bicyclic) bond motifs is 3. The summed E-state index contributed by atoms with van der Waals surface area (Å²) in [6, 6.07) is 16.1. The molecule has 0 N–H and O–H groups in total. The van der Waals surface area contributed by atoms with Crippen LogP contribution >= 0.6 is 0 Å². The van der Waals surface area contributed by atoms with E-state index in [0.29, 0.717) is 0 Å². The van der Waals surface area contributed by atoms with Crippen LogP contribution in [0.1, 0.15) is 52.7 Å². The van der Waals surface area contributed by atoms with Crippen LogP contribution < -0.4 is 9.92 Å². The first-order valence-electron chi connectivity index (χ1n) is 12.9. The van der Waals surface area contributed by atoms with Crippen LogP contribution in [-0.2, 0) is 12.8 Å². The van der Waals surface area contributed by atoms with E-state index in [1.165, 1.54) is 32.5 Å². The quantitative estimate of drug-likeness (QED) is 0.240. The molecule has 3 heteroatoms. The van der Waals surface area contributed by atoms with Gasteiger partial charge in [-0.05, 0) is 63.6 Å². The monoisotopic (exact) mass is 481 g/mol. The van der Waals surface area contributed by atoms with E-state index < -0.39 is 8.07 Å². The van der Waals surface area contributed by atoms with Crippen molar-refractivity contribution in [3.8, 4) is 22.8 Å². The molecule has 0 radical (unpaired) electrons. The summed E-state index contributed by atoms with van der Waals surface area (Å²) in [5, 5.41) is 6.39. The van der Waals surface area contributed by atoms with Crippen molar-refractivity contribution in [2.24, 2.45) is 10.8 Å². The maximum absolute atomic E-state index is 6.86. The fraction of sp³-hybridized carbons (Fsp3) is 0.406. The highest BCUT2D eigenvalue weighted by atomic mass is 28.3. The average Bonchev–Trinajstić information content (AvgIpc) is 2.71. The molecule has 182 valence electrons. The number of aromatic nitrogens is 1. The van der Waals surface area contributed by atoms with Gasteiger partial charge < -0.3 is 4.74 Å². The van der Waals surface area contributed by atoms with Gasteiger partial charge in [-0.1, -0.05) is 90.6 Å². The fourth-order valence-electron chi connectivity index (χ4n) is 5.34. The topological polar surface area (TPSA) is 22.1 Å². The molecule has 1 aliphatic rings. The normalized spacial score (nSPS) is 13.7. The molecule has 0 saturated heterocycles. The van der Waals surface area contributed by atoms with Crippen LogP contribution in [0.5, 0.6) is 11.5 Å². The minimum absolute atomic E-state index is 0.134. The lowest BCUT2D eigenvalue weighted by Crippen LogP contribution is -2.37. The van der Waals surface area contributed by atoms with Crippen LogP contribution in [0.25, 0.3) is 32.8 Å². The van der Waals surface area contributed by atoms with Crippen LogP contribution in [0.15, 0.2) is 48.7 Å². The fourth-order valence-corrected chi connectivity index (χ4v) is 6.49. The SMILES string of the molecule is CC(C)(C)Cc1ccc2c(CC(C)(C)C)c3c(cc2c1)-c1nccc2cc([Si](C)(C)C)cc(c12)O3. The summed E-state index contributed by atoms with van der Waals surface area (Å²) < 4.78 is 6.86. The summed E-state index contributed by atoms with van der Waals surface area (Å²) in [4.78, 5) is 4.93. The van der Waals surface area contributed by atoms with E-state index in [1.807, 2.05) is 6.20 Å². The smallest absolute Gasteiger partial charge is 0.140 e. The van der Waals surface area contributed by atoms with Gasteiger partial charge in [-0.3, -0.25) is 4.98 Å². The molecule has 35 heavy (non-hydrogen) atoms. The molecular formula is C32H39NOSi. The molecule has 2 nitrogen and oxygen atoms in total. The van der Waals surface area contributed by atoms with E-state index in [9.17, 15) is 0 Å². The molecule has 0 saturated carbocycles. The highest BCUT2D eigenvalue weighted by molar-refractivity contribution is 6.88. The van der Waals surface area contributed by atoms with E-state index in [4.69, 9.17) is 9.72 Å². The number of nitrogens with zero attached hydrogens (tertiary/aromatic N) is 1. The Balaban J connectivity index is 1.81. The zero-order valence-electron chi connectivity index (χ0n) is 22.9. The Morgan fingerprint density at radius 1 is 0.800 bits per heavy atom. The summed E-state index contributed by atoms with van der Waals surface area (Å²) in [7, 11) is -1.51. The van der Waals surface area contributed by atoms with Crippen molar-refractivity contribution in [3.05, 3.63) is 59.8 Å². The summed E-state index contributed by atoms with van der Waals surface area (Å²) in [5.41, 5.74) is 5.25. The summed E-state index contributed by atoms with van der Waals surface area (Å²) in [5.74, 6) is 1.96. The van der Waals surface area contributed by atoms with Crippen molar-refractivity contribution >= 4 is 34.8 Å². The zero-order chi connectivity index (χ0) is 25.3. The number of hydrogen-bond acceptors (Lipinski definition) is 2. The van der Waals surface area contributed by atoms with Crippen LogP contribution in [-0.4, -0.2) is 13.1 Å². The zero-order valence-corrected chi connectivity index (χ0v) is 23.9. The van der Waals surface area contributed by atoms with Gasteiger partial charge in [-0.2, -0.15) is 0 Å². The van der Waals surface area contributed by atoms with E-state index in [1.54, 1.807) is 0 Å². The maximum atomic E-state index is 6.86. The van der Waals surface area contributed by atoms with Crippen molar-refractivity contribution in [3.63, 3.8) is 0 Å². The second-order valence-corrected chi connectivity index (χ2v) is 18.9. The molecule has 0 aliphatic carbocycles. The van der Waals surface area contributed by atoms with Gasteiger partial charge in [-0.25, -0.2) is 0 Å². The van der Waals surface area contributed by atoms with Crippen molar-refractivity contribution in [1.82, 2.24) is 4.98 Å². The van der Waals surface area contributed by atoms with Gasteiger partial charge in [0.2, 0.25) is 0 Å². The van der Waals surface area contributed by atoms with Gasteiger partial charge in [0.25, 0.3) is 0 Å². The second-order valence-electron chi connectivity index (χ2n) is 13.8. The third-order valence-corrected chi connectivity index (χ3v) is 8.88. The van der Waals surface area contributed by atoms with Gasteiger partial charge in [0.15, 0.2) is 0 Å². The highest BCUT2D eigenvalue weighted by Gasteiger charge is 2.29. The van der Waals surface area contributed by atoms with Crippen LogP contribution in [0.2, 0.25) is 19.6 Å². The van der Waals surface area contributed by atoms with Gasteiger partial charge in [-0.15, -0.1) is 0 Å². The molecule has 3 aromatic carbocycles. The number of hydrogen-bond donors (Lipinski definition) is 0. The Kier molecular flexibility index (Phi) is 5.45. The highest BCUT2D eigenvalue weighted by Crippen LogP contribution is 2.50.